The molecule has 0 radical (unpaired) electrons. The molecule has 2 aromatic heterocycles. The summed E-state index contributed by atoms with van der Waals surface area (Å²) in [6, 6.07) is 10.1. The van der Waals surface area contributed by atoms with Gasteiger partial charge in [0.05, 0.1) is 10.6 Å². The topological polar surface area (TPSA) is 71.8 Å². The van der Waals surface area contributed by atoms with E-state index in [1.807, 2.05) is 17.5 Å². The Kier molecular flexibility index (Phi) is 5.00. The van der Waals surface area contributed by atoms with Gasteiger partial charge in [-0.15, -0.1) is 16.4 Å². The van der Waals surface area contributed by atoms with E-state index in [1.54, 1.807) is 16.8 Å². The second-order valence-corrected chi connectivity index (χ2v) is 7.54. The number of rotatable bonds is 4. The molecule has 2 unspecified atom stereocenters. The number of amides is 1. The van der Waals surface area contributed by atoms with Gasteiger partial charge in [0.1, 0.15) is 5.82 Å². The predicted octanol–water partition coefficient (Wildman–Crippen LogP) is 3.01. The van der Waals surface area contributed by atoms with Crippen molar-refractivity contribution in [1.82, 2.24) is 25.4 Å². The maximum absolute atomic E-state index is 13.3. The minimum Gasteiger partial charge on any atom is -0.345 e. The first kappa shape index (κ1) is 17.8. The molecule has 1 saturated heterocycles. The smallest absolute Gasteiger partial charge is 0.291 e. The molecule has 3 aromatic rings. The van der Waals surface area contributed by atoms with Gasteiger partial charge in [-0.05, 0) is 62.0 Å². The molecular formula is C19H20FN5OS. The number of hydrogen-bond donors (Lipinski definition) is 2. The molecule has 1 aliphatic rings. The third-order valence-corrected chi connectivity index (χ3v) is 5.57. The summed E-state index contributed by atoms with van der Waals surface area (Å²) in [5.41, 5.74) is 0.652. The van der Waals surface area contributed by atoms with Crippen LogP contribution in [0.1, 0.15) is 30.4 Å². The summed E-state index contributed by atoms with van der Waals surface area (Å²) in [5.74, 6) is 0.0552. The van der Waals surface area contributed by atoms with E-state index in [1.165, 1.54) is 23.5 Å². The summed E-state index contributed by atoms with van der Waals surface area (Å²) in [4.78, 5) is 18.1. The molecule has 0 saturated carbocycles. The maximum Gasteiger partial charge on any atom is 0.291 e. The summed E-state index contributed by atoms with van der Waals surface area (Å²) in [6.45, 7) is 3.03. The zero-order chi connectivity index (χ0) is 18.8. The standard InChI is InChI=1S/C19H20FN5OS/c1-12-15(4-2-10-21-12)22-19(26)17-23-18(16-5-3-11-27-16)25(24-17)14-8-6-13(20)7-9-14/h3,5-9,11-12,15,21H,2,4,10H2,1H3,(H,22,26). The number of nitrogens with one attached hydrogen (secondary N) is 2. The highest BCUT2D eigenvalue weighted by Gasteiger charge is 2.26. The van der Waals surface area contributed by atoms with Crippen molar-refractivity contribution in [2.45, 2.75) is 31.8 Å². The van der Waals surface area contributed by atoms with E-state index >= 15 is 0 Å². The van der Waals surface area contributed by atoms with Crippen LogP contribution in [-0.2, 0) is 0 Å². The minimum atomic E-state index is -0.326. The van der Waals surface area contributed by atoms with Gasteiger partial charge in [-0.25, -0.2) is 14.1 Å². The Morgan fingerprint density at radius 2 is 2.15 bits per heavy atom. The molecule has 1 fully saturated rings. The van der Waals surface area contributed by atoms with Gasteiger partial charge >= 0.3 is 0 Å². The van der Waals surface area contributed by atoms with Gasteiger partial charge in [0.2, 0.25) is 5.82 Å². The van der Waals surface area contributed by atoms with Crippen LogP contribution in [0.3, 0.4) is 0 Å². The van der Waals surface area contributed by atoms with Crippen molar-refractivity contribution < 1.29 is 9.18 Å². The van der Waals surface area contributed by atoms with E-state index in [-0.39, 0.29) is 29.6 Å². The largest absolute Gasteiger partial charge is 0.345 e. The molecule has 140 valence electrons. The van der Waals surface area contributed by atoms with Crippen molar-refractivity contribution in [3.05, 3.63) is 53.4 Å². The number of nitrogens with zero attached hydrogens (tertiary/aromatic N) is 3. The van der Waals surface area contributed by atoms with E-state index in [9.17, 15) is 9.18 Å². The molecule has 6 nitrogen and oxygen atoms in total. The molecule has 0 bridgehead atoms. The molecule has 1 aliphatic heterocycles. The van der Waals surface area contributed by atoms with Gasteiger partial charge < -0.3 is 10.6 Å². The van der Waals surface area contributed by atoms with Crippen molar-refractivity contribution in [2.24, 2.45) is 0 Å². The van der Waals surface area contributed by atoms with Crippen molar-refractivity contribution in [3.8, 4) is 16.4 Å². The third-order valence-electron chi connectivity index (χ3n) is 4.70. The van der Waals surface area contributed by atoms with Gasteiger partial charge in [0, 0.05) is 12.1 Å². The molecule has 4 rings (SSSR count). The Morgan fingerprint density at radius 1 is 1.33 bits per heavy atom. The summed E-state index contributed by atoms with van der Waals surface area (Å²) >= 11 is 1.51. The molecular weight excluding hydrogens is 365 g/mol. The number of carbonyl (C=O) groups excluding carboxylic acids is 1. The summed E-state index contributed by atoms with van der Waals surface area (Å²) < 4.78 is 14.9. The number of benzene rings is 1. The number of piperidine rings is 1. The normalized spacial score (nSPS) is 19.8. The first-order valence-electron chi connectivity index (χ1n) is 8.93. The number of aromatic nitrogens is 3. The molecule has 0 aliphatic carbocycles. The van der Waals surface area contributed by atoms with Crippen molar-refractivity contribution in [1.29, 1.82) is 0 Å². The lowest BCUT2D eigenvalue weighted by molar-refractivity contribution is 0.0909. The lowest BCUT2D eigenvalue weighted by Crippen LogP contribution is -2.52. The summed E-state index contributed by atoms with van der Waals surface area (Å²) in [7, 11) is 0. The number of hydrogen-bond acceptors (Lipinski definition) is 5. The predicted molar refractivity (Wildman–Crippen MR) is 103 cm³/mol. The molecule has 0 spiro atoms. The minimum absolute atomic E-state index is 0.0502. The lowest BCUT2D eigenvalue weighted by Gasteiger charge is -2.30. The molecule has 2 atom stereocenters. The Morgan fingerprint density at radius 3 is 2.85 bits per heavy atom. The zero-order valence-electron chi connectivity index (χ0n) is 14.9. The van der Waals surface area contributed by atoms with Crippen LogP contribution in [0.15, 0.2) is 41.8 Å². The second-order valence-electron chi connectivity index (χ2n) is 6.59. The molecule has 2 N–H and O–H groups in total. The molecule has 8 heteroatoms. The highest BCUT2D eigenvalue weighted by molar-refractivity contribution is 7.13. The fraction of sp³-hybridized carbons (Fsp3) is 0.316. The van der Waals surface area contributed by atoms with Crippen molar-refractivity contribution in [2.75, 3.05) is 6.54 Å². The van der Waals surface area contributed by atoms with E-state index < -0.39 is 0 Å². The Balaban J connectivity index is 1.66. The highest BCUT2D eigenvalue weighted by atomic mass is 32.1. The average Bonchev–Trinajstić information content (AvgIpc) is 3.33. The van der Waals surface area contributed by atoms with Gasteiger partial charge in [0.25, 0.3) is 5.91 Å². The summed E-state index contributed by atoms with van der Waals surface area (Å²) in [6.07, 6.45) is 1.95. The van der Waals surface area contributed by atoms with Crippen LogP contribution < -0.4 is 10.6 Å². The molecule has 1 amide bonds. The average molecular weight is 385 g/mol. The maximum atomic E-state index is 13.3. The van der Waals surface area contributed by atoms with E-state index in [0.29, 0.717) is 11.5 Å². The van der Waals surface area contributed by atoms with Crippen LogP contribution in [0.2, 0.25) is 0 Å². The van der Waals surface area contributed by atoms with Crippen molar-refractivity contribution in [3.63, 3.8) is 0 Å². The van der Waals surface area contributed by atoms with Gasteiger partial charge in [-0.3, -0.25) is 4.79 Å². The van der Waals surface area contributed by atoms with Crippen LogP contribution in [-0.4, -0.2) is 39.3 Å². The van der Waals surface area contributed by atoms with Crippen LogP contribution in [0, 0.1) is 5.82 Å². The summed E-state index contributed by atoms with van der Waals surface area (Å²) in [5, 5.41) is 12.8. The van der Waals surface area contributed by atoms with Crippen LogP contribution in [0.5, 0.6) is 0 Å². The van der Waals surface area contributed by atoms with Crippen LogP contribution in [0.25, 0.3) is 16.4 Å². The Bertz CT molecular complexity index is 922. The van der Waals surface area contributed by atoms with Crippen LogP contribution in [0.4, 0.5) is 4.39 Å². The first-order valence-corrected chi connectivity index (χ1v) is 9.81. The number of thiophene rings is 1. The number of halogens is 1. The van der Waals surface area contributed by atoms with Gasteiger partial charge in [-0.2, -0.15) is 0 Å². The Hall–Kier alpha value is -2.58. The van der Waals surface area contributed by atoms with E-state index in [2.05, 4.69) is 27.6 Å². The SMILES string of the molecule is CC1NCCCC1NC(=O)c1nc(-c2cccs2)n(-c2ccc(F)cc2)n1. The first-order chi connectivity index (χ1) is 13.1. The Labute approximate surface area is 160 Å². The third kappa shape index (κ3) is 3.77. The van der Waals surface area contributed by atoms with Gasteiger partial charge in [-0.1, -0.05) is 6.07 Å². The van der Waals surface area contributed by atoms with Gasteiger partial charge in [0.15, 0.2) is 5.82 Å². The van der Waals surface area contributed by atoms with Crippen molar-refractivity contribution >= 4 is 17.2 Å². The molecule has 3 heterocycles. The molecule has 27 heavy (non-hydrogen) atoms. The fourth-order valence-corrected chi connectivity index (χ4v) is 3.91. The zero-order valence-corrected chi connectivity index (χ0v) is 15.7. The molecule has 1 aromatic carbocycles. The monoisotopic (exact) mass is 385 g/mol. The number of carbonyl (C=O) groups is 1. The highest BCUT2D eigenvalue weighted by Crippen LogP contribution is 2.25. The lowest BCUT2D eigenvalue weighted by atomic mass is 10.00. The van der Waals surface area contributed by atoms with E-state index in [0.717, 1.165) is 24.3 Å². The fourth-order valence-electron chi connectivity index (χ4n) is 3.21. The van der Waals surface area contributed by atoms with E-state index in [4.69, 9.17) is 0 Å². The van der Waals surface area contributed by atoms with Crippen LogP contribution >= 0.6 is 11.3 Å². The second kappa shape index (κ2) is 7.58. The quantitative estimate of drug-likeness (QED) is 0.724.